The standard InChI is InChI=1S/C21H29FN2O4S2/c1-4-15-30(27,28)24-16-21(2,22)20-11-9-19(10-12-20)18-7-5-17(6-8-18)13-14-23-29(3,25)26/h5-12,23-24H,4,13-16H2,1-3H3. The first kappa shape index (κ1) is 24.5. The normalized spacial score (nSPS) is 14.4. The number of sulfonamides is 2. The van der Waals surface area contributed by atoms with Gasteiger partial charge in [0.1, 0.15) is 5.67 Å². The molecule has 0 saturated heterocycles. The largest absolute Gasteiger partial charge is 0.238 e. The number of rotatable bonds is 11. The van der Waals surface area contributed by atoms with E-state index >= 15 is 4.39 Å². The summed E-state index contributed by atoms with van der Waals surface area (Å²) < 4.78 is 65.6. The fraction of sp³-hybridized carbons (Fsp3) is 0.429. The van der Waals surface area contributed by atoms with E-state index in [0.717, 1.165) is 22.9 Å². The van der Waals surface area contributed by atoms with Crippen LogP contribution >= 0.6 is 0 Å². The monoisotopic (exact) mass is 456 g/mol. The van der Waals surface area contributed by atoms with Gasteiger partial charge >= 0.3 is 0 Å². The summed E-state index contributed by atoms with van der Waals surface area (Å²) in [6.45, 7) is 3.14. The van der Waals surface area contributed by atoms with Crippen molar-refractivity contribution in [3.63, 3.8) is 0 Å². The summed E-state index contributed by atoms with van der Waals surface area (Å²) in [6.07, 6.45) is 2.18. The second kappa shape index (κ2) is 10.00. The molecule has 2 aromatic carbocycles. The number of hydrogen-bond acceptors (Lipinski definition) is 4. The van der Waals surface area contributed by atoms with Crippen molar-refractivity contribution in [2.75, 3.05) is 25.1 Å². The Bertz CT molecular complexity index is 1030. The highest BCUT2D eigenvalue weighted by Gasteiger charge is 2.27. The van der Waals surface area contributed by atoms with Gasteiger partial charge in [0, 0.05) is 13.1 Å². The van der Waals surface area contributed by atoms with E-state index in [0.29, 0.717) is 24.9 Å². The third-order valence-electron chi connectivity index (χ3n) is 4.65. The highest BCUT2D eigenvalue weighted by atomic mass is 32.2. The first-order chi connectivity index (χ1) is 13.9. The molecule has 2 N–H and O–H groups in total. The molecule has 2 aromatic rings. The predicted molar refractivity (Wildman–Crippen MR) is 119 cm³/mol. The minimum Gasteiger partial charge on any atom is -0.238 e. The van der Waals surface area contributed by atoms with Gasteiger partial charge < -0.3 is 0 Å². The van der Waals surface area contributed by atoms with Gasteiger partial charge in [0.2, 0.25) is 20.0 Å². The quantitative estimate of drug-likeness (QED) is 0.544. The summed E-state index contributed by atoms with van der Waals surface area (Å²) in [7, 11) is -6.67. The van der Waals surface area contributed by atoms with Gasteiger partial charge in [-0.05, 0) is 42.0 Å². The summed E-state index contributed by atoms with van der Waals surface area (Å²) >= 11 is 0. The first-order valence-electron chi connectivity index (χ1n) is 9.72. The Labute approximate surface area is 179 Å². The number of benzene rings is 2. The van der Waals surface area contributed by atoms with Crippen LogP contribution in [0.1, 0.15) is 31.4 Å². The number of hydrogen-bond donors (Lipinski definition) is 2. The molecule has 0 aliphatic carbocycles. The summed E-state index contributed by atoms with van der Waals surface area (Å²) in [6, 6.07) is 14.6. The SMILES string of the molecule is CCCS(=O)(=O)NCC(C)(F)c1ccc(-c2ccc(CCNS(C)(=O)=O)cc2)cc1. The Kier molecular flexibility index (Phi) is 8.15. The summed E-state index contributed by atoms with van der Waals surface area (Å²) in [5, 5.41) is 0. The molecule has 0 aromatic heterocycles. The number of halogens is 1. The molecule has 0 bridgehead atoms. The zero-order valence-corrected chi connectivity index (χ0v) is 19.1. The van der Waals surface area contributed by atoms with Crippen molar-refractivity contribution >= 4 is 20.0 Å². The highest BCUT2D eigenvalue weighted by Crippen LogP contribution is 2.28. The van der Waals surface area contributed by atoms with Crippen molar-refractivity contribution in [1.82, 2.24) is 9.44 Å². The van der Waals surface area contributed by atoms with E-state index in [2.05, 4.69) is 9.44 Å². The van der Waals surface area contributed by atoms with E-state index in [1.54, 1.807) is 31.2 Å². The number of alkyl halides is 1. The molecule has 0 fully saturated rings. The van der Waals surface area contributed by atoms with E-state index in [-0.39, 0.29) is 12.3 Å². The van der Waals surface area contributed by atoms with Gasteiger partial charge in [0.25, 0.3) is 0 Å². The zero-order chi connectivity index (χ0) is 22.4. The molecule has 9 heteroatoms. The maximum absolute atomic E-state index is 15.0. The van der Waals surface area contributed by atoms with Crippen LogP contribution in [0.3, 0.4) is 0 Å². The van der Waals surface area contributed by atoms with Crippen LogP contribution in [-0.4, -0.2) is 41.9 Å². The van der Waals surface area contributed by atoms with Crippen LogP contribution in [0.2, 0.25) is 0 Å². The molecule has 6 nitrogen and oxygen atoms in total. The van der Waals surface area contributed by atoms with Crippen molar-refractivity contribution in [3.05, 3.63) is 59.7 Å². The highest BCUT2D eigenvalue weighted by molar-refractivity contribution is 7.89. The second-order valence-corrected chi connectivity index (χ2v) is 11.3. The van der Waals surface area contributed by atoms with Gasteiger partial charge in [0.05, 0.1) is 12.0 Å². The predicted octanol–water partition coefficient (Wildman–Crippen LogP) is 2.96. The van der Waals surface area contributed by atoms with Crippen LogP contribution in [0.25, 0.3) is 11.1 Å². The average molecular weight is 457 g/mol. The van der Waals surface area contributed by atoms with Crippen LogP contribution in [-0.2, 0) is 32.1 Å². The summed E-state index contributed by atoms with van der Waals surface area (Å²) in [4.78, 5) is 0. The molecule has 0 amide bonds. The molecule has 166 valence electrons. The molecule has 2 rings (SSSR count). The maximum Gasteiger partial charge on any atom is 0.211 e. The lowest BCUT2D eigenvalue weighted by molar-refractivity contribution is 0.196. The summed E-state index contributed by atoms with van der Waals surface area (Å²) in [5.74, 6) is -0.0255. The molecule has 0 spiro atoms. The molecular weight excluding hydrogens is 427 g/mol. The van der Waals surface area contributed by atoms with Gasteiger partial charge in [-0.15, -0.1) is 0 Å². The van der Waals surface area contributed by atoms with Gasteiger partial charge in [-0.3, -0.25) is 0 Å². The molecule has 1 atom stereocenters. The molecule has 0 radical (unpaired) electrons. The zero-order valence-electron chi connectivity index (χ0n) is 17.5. The molecular formula is C21H29FN2O4S2. The Balaban J connectivity index is 2.02. The van der Waals surface area contributed by atoms with Crippen LogP contribution in [0, 0.1) is 0 Å². The Morgan fingerprint density at radius 3 is 1.93 bits per heavy atom. The fourth-order valence-electron chi connectivity index (χ4n) is 2.94. The van der Waals surface area contributed by atoms with E-state index in [1.807, 2.05) is 24.3 Å². The van der Waals surface area contributed by atoms with E-state index in [4.69, 9.17) is 0 Å². The maximum atomic E-state index is 15.0. The Morgan fingerprint density at radius 2 is 1.43 bits per heavy atom. The fourth-order valence-corrected chi connectivity index (χ4v) is 4.59. The molecule has 0 saturated carbocycles. The van der Waals surface area contributed by atoms with E-state index in [9.17, 15) is 16.8 Å². The topological polar surface area (TPSA) is 92.3 Å². The molecule has 30 heavy (non-hydrogen) atoms. The van der Waals surface area contributed by atoms with Gasteiger partial charge in [0.15, 0.2) is 0 Å². The first-order valence-corrected chi connectivity index (χ1v) is 13.3. The Morgan fingerprint density at radius 1 is 0.900 bits per heavy atom. The lowest BCUT2D eigenvalue weighted by Gasteiger charge is -2.21. The van der Waals surface area contributed by atoms with Crippen LogP contribution in [0.15, 0.2) is 48.5 Å². The van der Waals surface area contributed by atoms with Crippen molar-refractivity contribution in [2.24, 2.45) is 0 Å². The van der Waals surface area contributed by atoms with Gasteiger partial charge in [-0.1, -0.05) is 55.5 Å². The van der Waals surface area contributed by atoms with Crippen molar-refractivity contribution in [1.29, 1.82) is 0 Å². The lowest BCUT2D eigenvalue weighted by Crippen LogP contribution is -2.36. The minimum atomic E-state index is -3.47. The van der Waals surface area contributed by atoms with E-state index < -0.39 is 25.7 Å². The average Bonchev–Trinajstić information content (AvgIpc) is 2.66. The lowest BCUT2D eigenvalue weighted by atomic mass is 9.95. The van der Waals surface area contributed by atoms with Crippen molar-refractivity contribution in [3.8, 4) is 11.1 Å². The molecule has 0 aliphatic rings. The van der Waals surface area contributed by atoms with Gasteiger partial charge in [-0.2, -0.15) is 0 Å². The van der Waals surface area contributed by atoms with Crippen molar-refractivity contribution < 1.29 is 21.2 Å². The number of nitrogens with one attached hydrogen (secondary N) is 2. The summed E-state index contributed by atoms with van der Waals surface area (Å²) in [5.41, 5.74) is 1.43. The van der Waals surface area contributed by atoms with Crippen LogP contribution < -0.4 is 9.44 Å². The van der Waals surface area contributed by atoms with Crippen LogP contribution in [0.4, 0.5) is 4.39 Å². The van der Waals surface area contributed by atoms with Crippen LogP contribution in [0.5, 0.6) is 0 Å². The van der Waals surface area contributed by atoms with E-state index in [1.165, 1.54) is 6.92 Å². The Hall–Kier alpha value is -1.81. The third kappa shape index (κ3) is 7.79. The molecule has 1 unspecified atom stereocenters. The molecule has 0 heterocycles. The third-order valence-corrected chi connectivity index (χ3v) is 6.91. The van der Waals surface area contributed by atoms with Crippen molar-refractivity contribution in [2.45, 2.75) is 32.4 Å². The minimum absolute atomic E-state index is 0.0255. The second-order valence-electron chi connectivity index (χ2n) is 7.53. The van der Waals surface area contributed by atoms with Gasteiger partial charge in [-0.25, -0.2) is 30.7 Å². The molecule has 0 aliphatic heterocycles. The smallest absolute Gasteiger partial charge is 0.211 e.